The minimum atomic E-state index is -2.57. The molecule has 0 aromatic carbocycles. The van der Waals surface area contributed by atoms with Gasteiger partial charge in [0, 0.05) is 6.42 Å². The van der Waals surface area contributed by atoms with Crippen LogP contribution in [0.4, 0.5) is 0 Å². The summed E-state index contributed by atoms with van der Waals surface area (Å²) >= 11 is 0. The minimum absolute atomic E-state index is 0.646. The third-order valence-corrected chi connectivity index (χ3v) is 2.36. The molecule has 0 aromatic heterocycles. The minimum Gasteiger partial charge on any atom is -0.477 e. The Labute approximate surface area is 85.5 Å². The molecule has 5 N–H and O–H groups in total. The number of hydrogen-bond acceptors (Lipinski definition) is 6. The standard InChI is InChI=1S/C8H14O7/c1-3(9)6-5(11)4(10)2-8(14,15-6)7(12)13/h3-6,9-11,14H,2H2,1H3,(H,12,13)/t3-,4-,5-,6-,8-/m1/s1. The van der Waals surface area contributed by atoms with Crippen LogP contribution in [0.25, 0.3) is 0 Å². The molecule has 1 fully saturated rings. The number of rotatable bonds is 2. The van der Waals surface area contributed by atoms with Crippen LogP contribution < -0.4 is 0 Å². The smallest absolute Gasteiger partial charge is 0.364 e. The number of carboxylic acid groups (broad SMARTS) is 1. The molecule has 7 nitrogen and oxygen atoms in total. The van der Waals surface area contributed by atoms with Crippen molar-refractivity contribution >= 4 is 5.97 Å². The van der Waals surface area contributed by atoms with Gasteiger partial charge in [-0.15, -0.1) is 0 Å². The number of hydrogen-bond donors (Lipinski definition) is 5. The lowest BCUT2D eigenvalue weighted by Crippen LogP contribution is -2.60. The first kappa shape index (κ1) is 12.3. The molecule has 1 aliphatic heterocycles. The quantitative estimate of drug-likeness (QED) is 0.354. The second kappa shape index (κ2) is 4.03. The third kappa shape index (κ3) is 2.27. The molecule has 1 aliphatic rings. The first-order valence-corrected chi connectivity index (χ1v) is 4.45. The fourth-order valence-corrected chi connectivity index (χ4v) is 1.49. The molecule has 5 atom stereocenters. The van der Waals surface area contributed by atoms with Gasteiger partial charge in [0.1, 0.15) is 12.2 Å². The zero-order valence-corrected chi connectivity index (χ0v) is 8.07. The molecular weight excluding hydrogens is 208 g/mol. The van der Waals surface area contributed by atoms with Gasteiger partial charge in [-0.2, -0.15) is 0 Å². The average molecular weight is 222 g/mol. The van der Waals surface area contributed by atoms with E-state index in [9.17, 15) is 25.2 Å². The zero-order chi connectivity index (χ0) is 11.8. The maximum atomic E-state index is 10.6. The van der Waals surface area contributed by atoms with Crippen LogP contribution in [0.3, 0.4) is 0 Å². The third-order valence-electron chi connectivity index (χ3n) is 2.36. The van der Waals surface area contributed by atoms with E-state index in [1.807, 2.05) is 0 Å². The Morgan fingerprint density at radius 1 is 1.53 bits per heavy atom. The molecule has 1 heterocycles. The zero-order valence-electron chi connectivity index (χ0n) is 8.07. The van der Waals surface area contributed by atoms with Crippen LogP contribution in [0.1, 0.15) is 13.3 Å². The van der Waals surface area contributed by atoms with Crippen LogP contribution in [-0.4, -0.2) is 61.7 Å². The molecule has 0 saturated carbocycles. The second-order valence-corrected chi connectivity index (χ2v) is 3.67. The summed E-state index contributed by atoms with van der Waals surface area (Å²) in [6, 6.07) is 0. The highest BCUT2D eigenvalue weighted by Crippen LogP contribution is 2.29. The fourth-order valence-electron chi connectivity index (χ4n) is 1.49. The van der Waals surface area contributed by atoms with E-state index in [1.54, 1.807) is 0 Å². The predicted molar refractivity (Wildman–Crippen MR) is 45.8 cm³/mol. The molecule has 15 heavy (non-hydrogen) atoms. The summed E-state index contributed by atoms with van der Waals surface area (Å²) in [6.07, 6.45) is -6.08. The molecule has 0 aromatic rings. The maximum Gasteiger partial charge on any atom is 0.364 e. The van der Waals surface area contributed by atoms with Gasteiger partial charge in [0.05, 0.1) is 12.2 Å². The van der Waals surface area contributed by atoms with Crippen LogP contribution in [0, 0.1) is 0 Å². The molecule has 0 spiro atoms. The highest BCUT2D eigenvalue weighted by Gasteiger charge is 2.51. The highest BCUT2D eigenvalue weighted by molar-refractivity contribution is 5.75. The van der Waals surface area contributed by atoms with Gasteiger partial charge in [-0.1, -0.05) is 0 Å². The summed E-state index contributed by atoms with van der Waals surface area (Å²) < 4.78 is 4.68. The number of aliphatic hydroxyl groups excluding tert-OH is 3. The Hall–Kier alpha value is -0.730. The summed E-state index contributed by atoms with van der Waals surface area (Å²) in [7, 11) is 0. The first-order chi connectivity index (χ1) is 6.78. The summed E-state index contributed by atoms with van der Waals surface area (Å²) in [4.78, 5) is 10.6. The van der Waals surface area contributed by atoms with E-state index in [-0.39, 0.29) is 0 Å². The second-order valence-electron chi connectivity index (χ2n) is 3.67. The van der Waals surface area contributed by atoms with Crippen molar-refractivity contribution in [3.05, 3.63) is 0 Å². The number of carboxylic acids is 1. The van der Waals surface area contributed by atoms with Gasteiger partial charge in [0.2, 0.25) is 0 Å². The van der Waals surface area contributed by atoms with Gasteiger partial charge in [-0.05, 0) is 6.92 Å². The topological polar surface area (TPSA) is 127 Å². The molecule has 0 aliphatic carbocycles. The van der Waals surface area contributed by atoms with Crippen LogP contribution in [0.2, 0.25) is 0 Å². The van der Waals surface area contributed by atoms with Crippen LogP contribution in [0.5, 0.6) is 0 Å². The van der Waals surface area contributed by atoms with Crippen molar-refractivity contribution in [2.75, 3.05) is 0 Å². The first-order valence-electron chi connectivity index (χ1n) is 4.45. The average Bonchev–Trinajstić information content (AvgIpc) is 2.10. The predicted octanol–water partition coefficient (Wildman–Crippen LogP) is -2.35. The summed E-state index contributed by atoms with van der Waals surface area (Å²) in [6.45, 7) is 1.26. The van der Waals surface area contributed by atoms with Gasteiger partial charge in [0.15, 0.2) is 0 Å². The molecule has 0 bridgehead atoms. The van der Waals surface area contributed by atoms with Gasteiger partial charge in [-0.3, -0.25) is 0 Å². The van der Waals surface area contributed by atoms with Crippen molar-refractivity contribution in [3.8, 4) is 0 Å². The van der Waals surface area contributed by atoms with Crippen molar-refractivity contribution in [2.45, 2.75) is 43.5 Å². The summed E-state index contributed by atoms with van der Waals surface area (Å²) in [5, 5.41) is 46.0. The Balaban J connectivity index is 2.88. The summed E-state index contributed by atoms with van der Waals surface area (Å²) in [5.74, 6) is -4.24. The molecule has 0 radical (unpaired) electrons. The number of aliphatic carboxylic acids is 1. The van der Waals surface area contributed by atoms with Crippen molar-refractivity contribution < 1.29 is 35.1 Å². The molecule has 0 unspecified atom stereocenters. The largest absolute Gasteiger partial charge is 0.477 e. The normalized spacial score (nSPS) is 43.7. The summed E-state index contributed by atoms with van der Waals surface area (Å²) in [5.41, 5.74) is 0. The fraction of sp³-hybridized carbons (Fsp3) is 0.875. The Morgan fingerprint density at radius 2 is 2.07 bits per heavy atom. The molecule has 7 heteroatoms. The molecule has 1 rings (SSSR count). The molecule has 0 amide bonds. The van der Waals surface area contributed by atoms with E-state index < -0.39 is 42.6 Å². The Kier molecular flexibility index (Phi) is 3.31. The SMILES string of the molecule is C[C@@H](O)[C@H]1O[C@@](O)(C(=O)O)C[C@@H](O)[C@H]1O. The van der Waals surface area contributed by atoms with E-state index >= 15 is 0 Å². The monoisotopic (exact) mass is 222 g/mol. The lowest BCUT2D eigenvalue weighted by Gasteiger charge is -2.41. The van der Waals surface area contributed by atoms with Gasteiger partial charge < -0.3 is 30.3 Å². The van der Waals surface area contributed by atoms with Gasteiger partial charge in [0.25, 0.3) is 5.79 Å². The van der Waals surface area contributed by atoms with Crippen LogP contribution >= 0.6 is 0 Å². The van der Waals surface area contributed by atoms with Gasteiger partial charge >= 0.3 is 5.97 Å². The van der Waals surface area contributed by atoms with Crippen molar-refractivity contribution in [2.24, 2.45) is 0 Å². The number of ether oxygens (including phenoxy) is 1. The number of aliphatic hydroxyl groups is 4. The van der Waals surface area contributed by atoms with Gasteiger partial charge in [-0.25, -0.2) is 4.79 Å². The van der Waals surface area contributed by atoms with Crippen LogP contribution in [0.15, 0.2) is 0 Å². The van der Waals surface area contributed by atoms with Crippen molar-refractivity contribution in [1.82, 2.24) is 0 Å². The Morgan fingerprint density at radius 3 is 2.47 bits per heavy atom. The van der Waals surface area contributed by atoms with E-state index in [2.05, 4.69) is 4.74 Å². The molecule has 88 valence electrons. The highest BCUT2D eigenvalue weighted by atomic mass is 16.7. The number of carbonyl (C=O) groups is 1. The molecule has 1 saturated heterocycles. The van der Waals surface area contributed by atoms with E-state index in [4.69, 9.17) is 5.11 Å². The van der Waals surface area contributed by atoms with Crippen molar-refractivity contribution in [3.63, 3.8) is 0 Å². The lowest BCUT2D eigenvalue weighted by molar-refractivity contribution is -0.305. The van der Waals surface area contributed by atoms with Crippen molar-refractivity contribution in [1.29, 1.82) is 0 Å². The van der Waals surface area contributed by atoms with E-state index in [0.717, 1.165) is 0 Å². The Bertz CT molecular complexity index is 253. The molecular formula is C8H14O7. The van der Waals surface area contributed by atoms with Crippen LogP contribution in [-0.2, 0) is 9.53 Å². The van der Waals surface area contributed by atoms with E-state index in [0.29, 0.717) is 0 Å². The lowest BCUT2D eigenvalue weighted by atomic mass is 9.93. The maximum absolute atomic E-state index is 10.6. The van der Waals surface area contributed by atoms with E-state index in [1.165, 1.54) is 6.92 Å².